The molecule has 5 heteroatoms. The number of hydrogen-bond acceptors (Lipinski definition) is 0. The van der Waals surface area contributed by atoms with E-state index in [0.29, 0.717) is 0 Å². The van der Waals surface area contributed by atoms with Gasteiger partial charge in [-0.25, -0.2) is 0 Å². The average Bonchev–Trinajstić information content (AvgIpc) is 0. The molecule has 0 aliphatic heterocycles. The van der Waals surface area contributed by atoms with Crippen molar-refractivity contribution in [2.45, 2.75) is 0 Å². The summed E-state index contributed by atoms with van der Waals surface area (Å²) in [6.45, 7) is 0. The summed E-state index contributed by atoms with van der Waals surface area (Å²) in [5, 5.41) is 0. The predicted molar refractivity (Wildman–Crippen MR) is 17.3 cm³/mol. The Morgan fingerprint density at radius 2 is 0.400 bits per heavy atom. The van der Waals surface area contributed by atoms with Crippen LogP contribution in [0.2, 0.25) is 0 Å². The summed E-state index contributed by atoms with van der Waals surface area (Å²) in [6, 6.07) is 0. The second-order valence-corrected chi connectivity index (χ2v) is 0. The summed E-state index contributed by atoms with van der Waals surface area (Å²) in [5.74, 6) is 0. The topological polar surface area (TPSA) is 0 Å². The van der Waals surface area contributed by atoms with Gasteiger partial charge >= 0.3 is 0 Å². The van der Waals surface area contributed by atoms with Crippen molar-refractivity contribution in [3.63, 3.8) is 0 Å². The van der Waals surface area contributed by atoms with Crippen LogP contribution in [0.25, 0.3) is 0 Å². The Kier molecular flexibility index (Phi) is 151. The molecular weight excluding hydrogens is 708 g/mol. The molecule has 0 spiro atoms. The summed E-state index contributed by atoms with van der Waals surface area (Å²) < 4.78 is 0. The fraction of sp³-hybridized carbons (Fsp3) is 0. The summed E-state index contributed by atoms with van der Waals surface area (Å²) >= 11 is 0. The third-order valence-corrected chi connectivity index (χ3v) is 0. The SMILES string of the molecule is [Dy].[Dy].[Te].[Te].[Te]. The molecule has 0 atom stereocenters. The van der Waals surface area contributed by atoms with E-state index >= 15 is 0 Å². The van der Waals surface area contributed by atoms with E-state index < -0.39 is 0 Å². The van der Waals surface area contributed by atoms with Gasteiger partial charge in [-0.2, -0.15) is 0 Å². The molecule has 0 unspecified atom stereocenters. The second kappa shape index (κ2) is 23.1. The van der Waals surface area contributed by atoms with Crippen molar-refractivity contribution in [3.8, 4) is 0 Å². The molecule has 0 saturated heterocycles. The molecule has 0 aromatic rings. The zero-order chi connectivity index (χ0) is 0. The van der Waals surface area contributed by atoms with Gasteiger partial charge in [0.2, 0.25) is 0 Å². The molecule has 6 radical (unpaired) electrons. The van der Waals surface area contributed by atoms with E-state index in [-0.39, 0.29) is 147 Å². The normalized spacial score (nSPS) is 0. The van der Waals surface area contributed by atoms with Crippen molar-refractivity contribution in [3.05, 3.63) is 0 Å². The first-order chi connectivity index (χ1) is 0. The molecule has 0 amide bonds. The van der Waals surface area contributed by atoms with Crippen LogP contribution in [-0.4, -0.2) is 71.0 Å². The van der Waals surface area contributed by atoms with Crippen LogP contribution in [0.4, 0.5) is 0 Å². The van der Waals surface area contributed by atoms with Gasteiger partial charge in [0.1, 0.15) is 0 Å². The zero-order valence-corrected chi connectivity index (χ0v) is 12.9. The Balaban J connectivity index is 0. The molecule has 0 nitrogen and oxygen atoms in total. The van der Waals surface area contributed by atoms with Gasteiger partial charge in [-0.05, 0) is 0 Å². The third-order valence-electron chi connectivity index (χ3n) is 0. The fourth-order valence-electron chi connectivity index (χ4n) is 0. The first-order valence-electron chi connectivity index (χ1n) is 0. The van der Waals surface area contributed by atoms with Gasteiger partial charge in [0, 0.05) is 147 Å². The van der Waals surface area contributed by atoms with Gasteiger partial charge < -0.3 is 0 Å². The first kappa shape index (κ1) is 32.6. The zero-order valence-electron chi connectivity index (χ0n) is 1.86. The average molecular weight is 708 g/mol. The molecule has 0 bridgehead atoms. The maximum absolute atomic E-state index is 0. The Morgan fingerprint density at radius 3 is 0.400 bits per heavy atom. The van der Waals surface area contributed by atoms with Crippen LogP contribution < -0.4 is 0 Å². The Hall–Kier alpha value is 4.91. The van der Waals surface area contributed by atoms with Crippen LogP contribution >= 0.6 is 0 Å². The van der Waals surface area contributed by atoms with E-state index in [1.54, 1.807) is 0 Å². The van der Waals surface area contributed by atoms with Crippen LogP contribution in [-0.2, 0) is 0 Å². The molecule has 38 valence electrons. The van der Waals surface area contributed by atoms with Crippen molar-refractivity contribution in [2.75, 3.05) is 0 Å². The quantitative estimate of drug-likeness (QED) is 0.280. The Labute approximate surface area is 143 Å². The monoisotopic (exact) mass is 718 g/mol. The minimum atomic E-state index is 0. The van der Waals surface area contributed by atoms with Gasteiger partial charge in [0.15, 0.2) is 0 Å². The number of rotatable bonds is 0. The van der Waals surface area contributed by atoms with Crippen LogP contribution in [0.5, 0.6) is 0 Å². The van der Waals surface area contributed by atoms with E-state index in [1.165, 1.54) is 0 Å². The Bertz CT molecular complexity index is 4.85. The van der Waals surface area contributed by atoms with Crippen LogP contribution in [0.3, 0.4) is 0 Å². The summed E-state index contributed by atoms with van der Waals surface area (Å²) in [6.07, 6.45) is 0. The second-order valence-electron chi connectivity index (χ2n) is 0. The van der Waals surface area contributed by atoms with E-state index in [9.17, 15) is 0 Å². The van der Waals surface area contributed by atoms with Crippen LogP contribution in [0, 0.1) is 76.3 Å². The molecule has 0 saturated carbocycles. The first-order valence-corrected chi connectivity index (χ1v) is 0. The molecule has 5 heavy (non-hydrogen) atoms. The van der Waals surface area contributed by atoms with E-state index in [2.05, 4.69) is 0 Å². The van der Waals surface area contributed by atoms with Crippen molar-refractivity contribution in [1.29, 1.82) is 0 Å². The number of hydrogen-bond donors (Lipinski definition) is 0. The van der Waals surface area contributed by atoms with Crippen molar-refractivity contribution in [2.24, 2.45) is 0 Å². The summed E-state index contributed by atoms with van der Waals surface area (Å²) in [5.41, 5.74) is 0. The van der Waals surface area contributed by atoms with Gasteiger partial charge in [-0.3, -0.25) is 0 Å². The van der Waals surface area contributed by atoms with Crippen molar-refractivity contribution in [1.82, 2.24) is 0 Å². The third kappa shape index (κ3) is 17.6. The van der Waals surface area contributed by atoms with Gasteiger partial charge in [0.05, 0.1) is 0 Å². The summed E-state index contributed by atoms with van der Waals surface area (Å²) in [4.78, 5) is 0. The molecular formula is Dy2Te3. The minimum Gasteiger partial charge on any atom is 0 e. The van der Waals surface area contributed by atoms with Gasteiger partial charge in [-0.15, -0.1) is 0 Å². The molecule has 0 aliphatic carbocycles. The molecule has 0 aromatic heterocycles. The van der Waals surface area contributed by atoms with Crippen molar-refractivity contribution >= 4 is 71.0 Å². The maximum atomic E-state index is 0. The molecule has 0 fully saturated rings. The van der Waals surface area contributed by atoms with E-state index in [4.69, 9.17) is 0 Å². The Morgan fingerprint density at radius 1 is 0.400 bits per heavy atom. The molecule has 0 heterocycles. The van der Waals surface area contributed by atoms with Gasteiger partial charge in [-0.1, -0.05) is 0 Å². The molecule has 0 aromatic carbocycles. The van der Waals surface area contributed by atoms with E-state index in [1.807, 2.05) is 0 Å². The smallest absolute Gasteiger partial charge is 0 e. The molecule has 0 N–H and O–H groups in total. The maximum Gasteiger partial charge on any atom is 0 e. The van der Waals surface area contributed by atoms with Gasteiger partial charge in [0.25, 0.3) is 0 Å². The fourth-order valence-corrected chi connectivity index (χ4v) is 0. The van der Waals surface area contributed by atoms with E-state index in [0.717, 1.165) is 0 Å². The predicted octanol–water partition coefficient (Wildman–Crippen LogP) is -1.14. The standard InChI is InChI=1S/2Dy.3Te. The van der Waals surface area contributed by atoms with Crippen LogP contribution in [0.1, 0.15) is 0 Å². The largest absolute Gasteiger partial charge is 0 e. The molecule has 0 aliphatic rings. The molecule has 0 rings (SSSR count). The summed E-state index contributed by atoms with van der Waals surface area (Å²) in [7, 11) is 0. The van der Waals surface area contributed by atoms with Crippen LogP contribution in [0.15, 0.2) is 0 Å². The van der Waals surface area contributed by atoms with Crippen molar-refractivity contribution < 1.29 is 76.3 Å². The minimum absolute atomic E-state index is 0.